The molecule has 0 aliphatic heterocycles. The smallest absolute Gasteiger partial charge is 0.362 e. The van der Waals surface area contributed by atoms with Crippen LogP contribution in [-0.2, 0) is 9.53 Å². The zero-order valence-corrected chi connectivity index (χ0v) is 7.52. The van der Waals surface area contributed by atoms with E-state index < -0.39 is 5.97 Å². The van der Waals surface area contributed by atoms with E-state index in [9.17, 15) is 4.79 Å². The van der Waals surface area contributed by atoms with Gasteiger partial charge < -0.3 is 20.7 Å². The van der Waals surface area contributed by atoms with E-state index in [2.05, 4.69) is 19.9 Å². The number of imidazole rings is 1. The maximum atomic E-state index is 11.2. The summed E-state index contributed by atoms with van der Waals surface area (Å²) in [6, 6.07) is 0. The van der Waals surface area contributed by atoms with Crippen LogP contribution in [0.4, 0.5) is 5.95 Å². The van der Waals surface area contributed by atoms with E-state index >= 15 is 0 Å². The number of H-pyrrole nitrogens is 1. The maximum absolute atomic E-state index is 11.2. The summed E-state index contributed by atoms with van der Waals surface area (Å²) >= 11 is 0. The maximum Gasteiger partial charge on any atom is 0.362 e. The molecule has 0 saturated carbocycles. The van der Waals surface area contributed by atoms with E-state index in [0.717, 1.165) is 0 Å². The second kappa shape index (κ2) is 4.26. The molecule has 7 heteroatoms. The van der Waals surface area contributed by atoms with Gasteiger partial charge in [0.2, 0.25) is 5.71 Å². The van der Waals surface area contributed by atoms with E-state index in [1.807, 2.05) is 0 Å². The van der Waals surface area contributed by atoms with Crippen molar-refractivity contribution in [2.75, 3.05) is 12.3 Å². The fourth-order valence-corrected chi connectivity index (χ4v) is 0.861. The van der Waals surface area contributed by atoms with E-state index in [4.69, 9.17) is 10.9 Å². The molecule has 0 fully saturated rings. The Balaban J connectivity index is 2.88. The molecule has 0 aromatic carbocycles. The van der Waals surface area contributed by atoms with Gasteiger partial charge >= 0.3 is 5.97 Å². The molecule has 0 saturated heterocycles. The molecule has 7 nitrogen and oxygen atoms in total. The number of nitrogens with zero attached hydrogens (tertiary/aromatic N) is 2. The van der Waals surface area contributed by atoms with E-state index in [1.165, 1.54) is 6.20 Å². The van der Waals surface area contributed by atoms with Gasteiger partial charge in [0.25, 0.3) is 0 Å². The Morgan fingerprint density at radius 3 is 3.00 bits per heavy atom. The fourth-order valence-electron chi connectivity index (χ4n) is 0.861. The number of nitrogens with one attached hydrogen (secondary N) is 1. The standard InChI is InChI=1S/C7H10N4O3/c1-2-14-6(12)5(11-13)4-3-9-7(8)10-4/h3,13H,2H2,1H3,(H3,8,9,10). The van der Waals surface area contributed by atoms with Crippen LogP contribution in [0.3, 0.4) is 0 Å². The second-order valence-electron chi connectivity index (χ2n) is 2.35. The highest BCUT2D eigenvalue weighted by molar-refractivity contribution is 6.42. The molecular weight excluding hydrogens is 188 g/mol. The quantitative estimate of drug-likeness (QED) is 0.268. The number of nitrogens with two attached hydrogens (primary N) is 1. The highest BCUT2D eigenvalue weighted by Crippen LogP contribution is 2.01. The lowest BCUT2D eigenvalue weighted by molar-refractivity contribution is -0.135. The zero-order chi connectivity index (χ0) is 10.6. The van der Waals surface area contributed by atoms with Gasteiger partial charge in [-0.25, -0.2) is 9.78 Å². The van der Waals surface area contributed by atoms with Crippen LogP contribution in [0.1, 0.15) is 12.6 Å². The van der Waals surface area contributed by atoms with E-state index in [0.29, 0.717) is 0 Å². The second-order valence-corrected chi connectivity index (χ2v) is 2.35. The third-order valence-corrected chi connectivity index (χ3v) is 1.42. The third-order valence-electron chi connectivity index (χ3n) is 1.42. The van der Waals surface area contributed by atoms with Gasteiger partial charge in [0.15, 0.2) is 5.95 Å². The summed E-state index contributed by atoms with van der Waals surface area (Å²) in [6.45, 7) is 1.84. The first kappa shape index (κ1) is 10.0. The fraction of sp³-hybridized carbons (Fsp3) is 0.286. The molecule has 0 aliphatic rings. The van der Waals surface area contributed by atoms with Crippen LogP contribution >= 0.6 is 0 Å². The summed E-state index contributed by atoms with van der Waals surface area (Å²) < 4.78 is 4.64. The van der Waals surface area contributed by atoms with Crippen molar-refractivity contribution in [3.63, 3.8) is 0 Å². The highest BCUT2D eigenvalue weighted by atomic mass is 16.5. The van der Waals surface area contributed by atoms with Gasteiger partial charge in [-0.3, -0.25) is 0 Å². The lowest BCUT2D eigenvalue weighted by atomic mass is 10.3. The molecular formula is C7H10N4O3. The minimum atomic E-state index is -0.737. The van der Waals surface area contributed by atoms with Crippen LogP contribution in [0, 0.1) is 0 Å². The topological polar surface area (TPSA) is 114 Å². The average Bonchev–Trinajstić information content (AvgIpc) is 2.54. The normalized spacial score (nSPS) is 11.4. The van der Waals surface area contributed by atoms with Crippen molar-refractivity contribution < 1.29 is 14.7 Å². The third kappa shape index (κ3) is 2.00. The summed E-state index contributed by atoms with van der Waals surface area (Å²) in [5.74, 6) is -0.607. The molecule has 1 rings (SSSR count). The molecule has 1 heterocycles. The van der Waals surface area contributed by atoms with Crippen LogP contribution in [0.5, 0.6) is 0 Å². The molecule has 0 bridgehead atoms. The summed E-state index contributed by atoms with van der Waals surface area (Å²) in [5.41, 5.74) is 5.25. The number of rotatable bonds is 3. The van der Waals surface area contributed by atoms with Crippen LogP contribution in [0.2, 0.25) is 0 Å². The van der Waals surface area contributed by atoms with Crippen molar-refractivity contribution in [1.82, 2.24) is 9.97 Å². The predicted molar refractivity (Wildman–Crippen MR) is 48.0 cm³/mol. The van der Waals surface area contributed by atoms with Gasteiger partial charge in [0.1, 0.15) is 0 Å². The molecule has 14 heavy (non-hydrogen) atoms. The number of aromatic nitrogens is 2. The van der Waals surface area contributed by atoms with Crippen molar-refractivity contribution in [1.29, 1.82) is 0 Å². The number of hydrogen-bond donors (Lipinski definition) is 3. The van der Waals surface area contributed by atoms with Gasteiger partial charge in [-0.15, -0.1) is 0 Å². The SMILES string of the molecule is CCOC(=O)C(=NO)c1cnc(N)[nH]1. The highest BCUT2D eigenvalue weighted by Gasteiger charge is 2.17. The molecule has 76 valence electrons. The number of hydrogen-bond acceptors (Lipinski definition) is 6. The van der Waals surface area contributed by atoms with Gasteiger partial charge in [0, 0.05) is 0 Å². The summed E-state index contributed by atoms with van der Waals surface area (Å²) in [5, 5.41) is 11.4. The van der Waals surface area contributed by atoms with Crippen molar-refractivity contribution >= 4 is 17.6 Å². The first-order chi connectivity index (χ1) is 6.69. The predicted octanol–water partition coefficient (Wildman–Crippen LogP) is -0.267. The van der Waals surface area contributed by atoms with Crippen LogP contribution < -0.4 is 5.73 Å². The monoisotopic (exact) mass is 198 g/mol. The van der Waals surface area contributed by atoms with Crippen molar-refractivity contribution in [2.45, 2.75) is 6.92 Å². The molecule has 0 atom stereocenters. The number of anilines is 1. The first-order valence-electron chi connectivity index (χ1n) is 3.89. The average molecular weight is 198 g/mol. The summed E-state index contributed by atoms with van der Waals surface area (Å²) in [6.07, 6.45) is 1.28. The van der Waals surface area contributed by atoms with Gasteiger partial charge in [-0.2, -0.15) is 0 Å². The number of carbonyl (C=O) groups is 1. The van der Waals surface area contributed by atoms with Crippen molar-refractivity contribution in [2.24, 2.45) is 5.16 Å². The minimum Gasteiger partial charge on any atom is -0.461 e. The Morgan fingerprint density at radius 2 is 2.57 bits per heavy atom. The Labute approximate surface area is 79.6 Å². The minimum absolute atomic E-state index is 0.130. The number of nitrogen functional groups attached to an aromatic ring is 1. The van der Waals surface area contributed by atoms with Gasteiger partial charge in [-0.1, -0.05) is 5.16 Å². The molecule has 0 unspecified atom stereocenters. The van der Waals surface area contributed by atoms with E-state index in [1.54, 1.807) is 6.92 Å². The van der Waals surface area contributed by atoms with Gasteiger partial charge in [0.05, 0.1) is 18.5 Å². The molecule has 1 aromatic rings. The molecule has 0 aliphatic carbocycles. The van der Waals surface area contributed by atoms with E-state index in [-0.39, 0.29) is 24.0 Å². The van der Waals surface area contributed by atoms with Crippen molar-refractivity contribution in [3.05, 3.63) is 11.9 Å². The number of oxime groups is 1. The molecule has 0 spiro atoms. The first-order valence-corrected chi connectivity index (χ1v) is 3.89. The van der Waals surface area contributed by atoms with Crippen LogP contribution in [0.15, 0.2) is 11.4 Å². The Bertz CT molecular complexity index is 358. The number of esters is 1. The number of aromatic amines is 1. The molecule has 0 radical (unpaired) electrons. The molecule has 1 aromatic heterocycles. The summed E-state index contributed by atoms with van der Waals surface area (Å²) in [7, 11) is 0. The van der Waals surface area contributed by atoms with Gasteiger partial charge in [-0.05, 0) is 6.92 Å². The number of carbonyl (C=O) groups excluding carboxylic acids is 1. The molecule has 0 amide bonds. The number of ether oxygens (including phenoxy) is 1. The van der Waals surface area contributed by atoms with Crippen LogP contribution in [0.25, 0.3) is 0 Å². The Hall–Kier alpha value is -2.05. The molecule has 4 N–H and O–H groups in total. The van der Waals surface area contributed by atoms with Crippen molar-refractivity contribution in [3.8, 4) is 0 Å². The lowest BCUT2D eigenvalue weighted by Crippen LogP contribution is -2.19. The zero-order valence-electron chi connectivity index (χ0n) is 7.52. The lowest BCUT2D eigenvalue weighted by Gasteiger charge is -2.00. The largest absolute Gasteiger partial charge is 0.461 e. The summed E-state index contributed by atoms with van der Waals surface area (Å²) in [4.78, 5) is 17.4. The van der Waals surface area contributed by atoms with Crippen LogP contribution in [-0.4, -0.2) is 33.5 Å². The Morgan fingerprint density at radius 1 is 1.86 bits per heavy atom. The Kier molecular flexibility index (Phi) is 3.05.